The maximum atomic E-state index is 11.6. The zero-order chi connectivity index (χ0) is 15.0. The van der Waals surface area contributed by atoms with Gasteiger partial charge in [0.15, 0.2) is 5.69 Å². The molecule has 1 aromatic rings. The summed E-state index contributed by atoms with van der Waals surface area (Å²) in [5.41, 5.74) is 1.05. The van der Waals surface area contributed by atoms with Gasteiger partial charge in [-0.05, 0) is 12.3 Å². The number of aromatic nitrogens is 3. The highest BCUT2D eigenvalue weighted by Gasteiger charge is 2.22. The summed E-state index contributed by atoms with van der Waals surface area (Å²) in [4.78, 5) is 11.6. The summed E-state index contributed by atoms with van der Waals surface area (Å²) in [6, 6.07) is 0. The smallest absolute Gasteiger partial charge is 0.360 e. The molecule has 0 aliphatic heterocycles. The van der Waals surface area contributed by atoms with Crippen molar-refractivity contribution in [3.8, 4) is 0 Å². The molecule has 0 aliphatic rings. The summed E-state index contributed by atoms with van der Waals surface area (Å²) in [6.45, 7) is 6.39. The van der Waals surface area contributed by atoms with Crippen LogP contribution in [0.25, 0.3) is 0 Å². The van der Waals surface area contributed by atoms with Gasteiger partial charge in [-0.2, -0.15) is 0 Å². The van der Waals surface area contributed by atoms with E-state index in [-0.39, 0.29) is 11.6 Å². The van der Waals surface area contributed by atoms with Crippen LogP contribution in [0.2, 0.25) is 0 Å². The van der Waals surface area contributed by atoms with Crippen molar-refractivity contribution in [3.05, 3.63) is 11.4 Å². The van der Waals surface area contributed by atoms with Crippen LogP contribution >= 0.6 is 0 Å². The van der Waals surface area contributed by atoms with Gasteiger partial charge in [0.05, 0.1) is 26.0 Å². The fraction of sp³-hybridized carbons (Fsp3) is 0.769. The molecule has 7 heteroatoms. The van der Waals surface area contributed by atoms with E-state index in [0.29, 0.717) is 26.4 Å². The molecule has 1 heterocycles. The molecule has 0 saturated heterocycles. The maximum absolute atomic E-state index is 11.6. The second-order valence-corrected chi connectivity index (χ2v) is 4.65. The van der Waals surface area contributed by atoms with Gasteiger partial charge in [-0.15, -0.1) is 5.10 Å². The molecule has 0 atom stereocenters. The minimum atomic E-state index is -0.457. The second-order valence-electron chi connectivity index (χ2n) is 4.65. The minimum absolute atomic E-state index is 0.132. The van der Waals surface area contributed by atoms with Crippen molar-refractivity contribution in [2.45, 2.75) is 32.7 Å². The molecule has 1 rings (SSSR count). The molecule has 1 aromatic heterocycles. The van der Waals surface area contributed by atoms with E-state index in [1.54, 1.807) is 11.8 Å². The van der Waals surface area contributed by atoms with E-state index in [0.717, 1.165) is 12.1 Å². The monoisotopic (exact) mass is 285 g/mol. The molecular weight excluding hydrogens is 262 g/mol. The lowest BCUT2D eigenvalue weighted by atomic mass is 10.1. The Kier molecular flexibility index (Phi) is 7.17. The van der Waals surface area contributed by atoms with E-state index in [2.05, 4.69) is 10.3 Å². The van der Waals surface area contributed by atoms with Gasteiger partial charge in [0.1, 0.15) is 0 Å². The van der Waals surface area contributed by atoms with Crippen molar-refractivity contribution in [1.82, 2.24) is 15.0 Å². The molecule has 0 radical (unpaired) electrons. The predicted octanol–water partition coefficient (Wildman–Crippen LogP) is 1.24. The highest BCUT2D eigenvalue weighted by Crippen LogP contribution is 2.18. The topological polar surface area (TPSA) is 75.5 Å². The zero-order valence-corrected chi connectivity index (χ0v) is 12.6. The van der Waals surface area contributed by atoms with Gasteiger partial charge < -0.3 is 14.2 Å². The number of hydrogen-bond acceptors (Lipinski definition) is 6. The van der Waals surface area contributed by atoms with E-state index in [1.807, 2.05) is 13.8 Å². The van der Waals surface area contributed by atoms with Crippen LogP contribution in [0.4, 0.5) is 0 Å². The van der Waals surface area contributed by atoms with Gasteiger partial charge in [0.2, 0.25) is 0 Å². The molecule has 114 valence electrons. The fourth-order valence-electron chi connectivity index (χ4n) is 1.86. The second kappa shape index (κ2) is 8.65. The third-order valence-corrected chi connectivity index (χ3v) is 2.78. The summed E-state index contributed by atoms with van der Waals surface area (Å²) >= 11 is 0. The van der Waals surface area contributed by atoms with E-state index in [1.165, 1.54) is 7.11 Å². The molecule has 0 fully saturated rings. The van der Waals surface area contributed by atoms with Crippen molar-refractivity contribution in [2.75, 3.05) is 34.0 Å². The molecular formula is C13H23N3O4. The lowest BCUT2D eigenvalue weighted by molar-refractivity contribution is 0.0591. The van der Waals surface area contributed by atoms with Crippen molar-refractivity contribution < 1.29 is 19.0 Å². The summed E-state index contributed by atoms with van der Waals surface area (Å²) in [7, 11) is 3.00. The standard InChI is InChI=1S/C13H23N3O4/c1-10(2)12-11(13(17)19-4)14-15-16(12)6-9-20-8-5-7-18-3/h10H,5-9H2,1-4H3. The quantitative estimate of drug-likeness (QED) is 0.502. The van der Waals surface area contributed by atoms with Gasteiger partial charge in [0.25, 0.3) is 0 Å². The highest BCUT2D eigenvalue weighted by atomic mass is 16.5. The number of carbonyl (C=O) groups excluding carboxylic acids is 1. The SMILES string of the molecule is COCCCOCCn1nnc(C(=O)OC)c1C(C)C. The van der Waals surface area contributed by atoms with Gasteiger partial charge in [0, 0.05) is 20.3 Å². The number of rotatable bonds is 9. The Morgan fingerprint density at radius 2 is 2.00 bits per heavy atom. The van der Waals surface area contributed by atoms with Crippen LogP contribution in [0.15, 0.2) is 0 Å². The number of ether oxygens (including phenoxy) is 3. The summed E-state index contributed by atoms with van der Waals surface area (Å²) in [5, 5.41) is 7.90. The van der Waals surface area contributed by atoms with Gasteiger partial charge >= 0.3 is 5.97 Å². The van der Waals surface area contributed by atoms with Gasteiger partial charge in [-0.25, -0.2) is 9.48 Å². The van der Waals surface area contributed by atoms with Gasteiger partial charge in [-0.3, -0.25) is 0 Å². The largest absolute Gasteiger partial charge is 0.464 e. The van der Waals surface area contributed by atoms with Crippen molar-refractivity contribution in [3.63, 3.8) is 0 Å². The van der Waals surface area contributed by atoms with Crippen LogP contribution in [0, 0.1) is 0 Å². The number of nitrogens with zero attached hydrogens (tertiary/aromatic N) is 3. The van der Waals surface area contributed by atoms with E-state index in [9.17, 15) is 4.79 Å². The first-order valence-electron chi connectivity index (χ1n) is 6.70. The zero-order valence-electron chi connectivity index (χ0n) is 12.6. The molecule has 7 nitrogen and oxygen atoms in total. The van der Waals surface area contributed by atoms with Crippen LogP contribution in [0.1, 0.15) is 42.4 Å². The predicted molar refractivity (Wildman–Crippen MR) is 72.8 cm³/mol. The van der Waals surface area contributed by atoms with E-state index in [4.69, 9.17) is 14.2 Å². The maximum Gasteiger partial charge on any atom is 0.360 e. The molecule has 0 spiro atoms. The normalized spacial score (nSPS) is 11.1. The number of esters is 1. The highest BCUT2D eigenvalue weighted by molar-refractivity contribution is 5.88. The molecule has 0 aliphatic carbocycles. The van der Waals surface area contributed by atoms with Crippen molar-refractivity contribution in [1.29, 1.82) is 0 Å². The lowest BCUT2D eigenvalue weighted by Crippen LogP contribution is -2.14. The third kappa shape index (κ3) is 4.57. The van der Waals surface area contributed by atoms with Crippen LogP contribution in [0.5, 0.6) is 0 Å². The molecule has 0 amide bonds. The lowest BCUT2D eigenvalue weighted by Gasteiger charge is -2.10. The average Bonchev–Trinajstić information content (AvgIpc) is 2.85. The number of hydrogen-bond donors (Lipinski definition) is 0. The summed E-state index contributed by atoms with van der Waals surface area (Å²) in [5.74, 6) is -0.325. The number of carbonyl (C=O) groups is 1. The Labute approximate surface area is 119 Å². The fourth-order valence-corrected chi connectivity index (χ4v) is 1.86. The van der Waals surface area contributed by atoms with Crippen LogP contribution in [-0.2, 0) is 20.8 Å². The summed E-state index contributed by atoms with van der Waals surface area (Å²) < 4.78 is 16.8. The average molecular weight is 285 g/mol. The Morgan fingerprint density at radius 3 is 2.60 bits per heavy atom. The van der Waals surface area contributed by atoms with Crippen LogP contribution < -0.4 is 0 Å². The molecule has 0 aromatic carbocycles. The number of methoxy groups -OCH3 is 2. The van der Waals surface area contributed by atoms with Gasteiger partial charge in [-0.1, -0.05) is 19.1 Å². The third-order valence-electron chi connectivity index (χ3n) is 2.78. The molecule has 0 N–H and O–H groups in total. The Hall–Kier alpha value is -1.47. The first-order valence-corrected chi connectivity index (χ1v) is 6.70. The first kappa shape index (κ1) is 16.6. The van der Waals surface area contributed by atoms with Crippen LogP contribution in [-0.4, -0.2) is 55.0 Å². The Morgan fingerprint density at radius 1 is 1.25 bits per heavy atom. The molecule has 0 unspecified atom stereocenters. The Bertz CT molecular complexity index is 418. The van der Waals surface area contributed by atoms with Crippen molar-refractivity contribution in [2.24, 2.45) is 0 Å². The molecule has 0 saturated carbocycles. The molecule has 20 heavy (non-hydrogen) atoms. The Balaban J connectivity index is 2.57. The summed E-state index contributed by atoms with van der Waals surface area (Å²) in [6.07, 6.45) is 0.859. The van der Waals surface area contributed by atoms with E-state index >= 15 is 0 Å². The minimum Gasteiger partial charge on any atom is -0.464 e. The first-order chi connectivity index (χ1) is 9.61. The van der Waals surface area contributed by atoms with Crippen LogP contribution in [0.3, 0.4) is 0 Å². The van der Waals surface area contributed by atoms with Crippen molar-refractivity contribution >= 4 is 5.97 Å². The molecule has 0 bridgehead atoms. The van der Waals surface area contributed by atoms with E-state index < -0.39 is 5.97 Å².